The molecule has 2 nitrogen and oxygen atoms in total. The molecule has 1 rings (SSSR count). The molecule has 3 heteroatoms. The molecule has 1 aromatic rings. The second kappa shape index (κ2) is 8.81. The summed E-state index contributed by atoms with van der Waals surface area (Å²) >= 11 is 3.55. The summed E-state index contributed by atoms with van der Waals surface area (Å²) < 4.78 is 1.18. The Labute approximate surface area is 133 Å². The minimum atomic E-state index is 0.613. The summed E-state index contributed by atoms with van der Waals surface area (Å²) in [6, 6.07) is 7.18. The first-order chi connectivity index (χ1) is 9.49. The van der Waals surface area contributed by atoms with Gasteiger partial charge in [0, 0.05) is 23.6 Å². The molecular weight excluding hydrogens is 312 g/mol. The van der Waals surface area contributed by atoms with Gasteiger partial charge in [0.1, 0.15) is 0 Å². The fourth-order valence-corrected chi connectivity index (χ4v) is 3.03. The molecule has 0 heterocycles. The zero-order chi connectivity index (χ0) is 15.1. The van der Waals surface area contributed by atoms with Gasteiger partial charge in [-0.1, -0.05) is 54.8 Å². The summed E-state index contributed by atoms with van der Waals surface area (Å²) in [4.78, 5) is 2.36. The van der Waals surface area contributed by atoms with Crippen LogP contribution in [0, 0.1) is 12.8 Å². The molecule has 114 valence electrons. The topological polar surface area (TPSA) is 15.3 Å². The Morgan fingerprint density at radius 1 is 1.20 bits per heavy atom. The monoisotopic (exact) mass is 340 g/mol. The summed E-state index contributed by atoms with van der Waals surface area (Å²) in [7, 11) is 4.38. The van der Waals surface area contributed by atoms with Crippen LogP contribution in [0.25, 0.3) is 0 Å². The van der Waals surface area contributed by atoms with Gasteiger partial charge in [-0.2, -0.15) is 0 Å². The van der Waals surface area contributed by atoms with E-state index in [2.05, 4.69) is 79.2 Å². The zero-order valence-corrected chi connectivity index (χ0v) is 15.1. The first kappa shape index (κ1) is 17.7. The van der Waals surface area contributed by atoms with Gasteiger partial charge in [0.05, 0.1) is 0 Å². The predicted octanol–water partition coefficient (Wildman–Crippen LogP) is 4.21. The summed E-state index contributed by atoms with van der Waals surface area (Å²) in [5, 5.41) is 3.62. The molecule has 1 aromatic carbocycles. The molecule has 0 fully saturated rings. The van der Waals surface area contributed by atoms with Gasteiger partial charge in [-0.05, 0) is 44.1 Å². The number of benzene rings is 1. The third-order valence-corrected chi connectivity index (χ3v) is 5.05. The summed E-state index contributed by atoms with van der Waals surface area (Å²) in [5.74, 6) is 0.768. The van der Waals surface area contributed by atoms with E-state index in [-0.39, 0.29) is 0 Å². The number of aryl methyl sites for hydroxylation is 1. The highest BCUT2D eigenvalue weighted by Crippen LogP contribution is 2.18. The molecule has 0 spiro atoms. The first-order valence-corrected chi connectivity index (χ1v) is 8.41. The van der Waals surface area contributed by atoms with Crippen molar-refractivity contribution in [2.45, 2.75) is 46.2 Å². The number of halogens is 1. The van der Waals surface area contributed by atoms with Crippen LogP contribution in [0.15, 0.2) is 22.7 Å². The van der Waals surface area contributed by atoms with Crippen LogP contribution < -0.4 is 5.32 Å². The molecule has 1 unspecified atom stereocenters. The van der Waals surface area contributed by atoms with Gasteiger partial charge in [-0.15, -0.1) is 0 Å². The summed E-state index contributed by atoms with van der Waals surface area (Å²) in [6.45, 7) is 8.72. The fourth-order valence-electron chi connectivity index (χ4n) is 2.78. The maximum Gasteiger partial charge on any atom is 0.0242 e. The summed E-state index contributed by atoms with van der Waals surface area (Å²) in [6.07, 6.45) is 2.50. The van der Waals surface area contributed by atoms with E-state index in [9.17, 15) is 0 Å². The van der Waals surface area contributed by atoms with Crippen molar-refractivity contribution in [1.82, 2.24) is 10.2 Å². The lowest BCUT2D eigenvalue weighted by Crippen LogP contribution is -2.42. The van der Waals surface area contributed by atoms with Crippen LogP contribution in [0.5, 0.6) is 0 Å². The Balaban J connectivity index is 2.53. The van der Waals surface area contributed by atoms with Crippen molar-refractivity contribution >= 4 is 15.9 Å². The summed E-state index contributed by atoms with van der Waals surface area (Å²) in [5.41, 5.74) is 2.65. The van der Waals surface area contributed by atoms with E-state index in [0.717, 1.165) is 19.0 Å². The van der Waals surface area contributed by atoms with E-state index in [0.29, 0.717) is 6.04 Å². The van der Waals surface area contributed by atoms with E-state index in [1.807, 2.05) is 0 Å². The van der Waals surface area contributed by atoms with E-state index < -0.39 is 0 Å². The minimum Gasteiger partial charge on any atom is -0.311 e. The molecular formula is C17H29BrN2. The second-order valence-electron chi connectivity index (χ2n) is 5.82. The van der Waals surface area contributed by atoms with Gasteiger partial charge in [-0.25, -0.2) is 0 Å². The molecule has 0 aliphatic carbocycles. The van der Waals surface area contributed by atoms with Crippen molar-refractivity contribution < 1.29 is 0 Å². The molecule has 0 aromatic heterocycles. The molecule has 20 heavy (non-hydrogen) atoms. The third kappa shape index (κ3) is 5.19. The number of nitrogens with one attached hydrogen (secondary N) is 1. The van der Waals surface area contributed by atoms with E-state index in [4.69, 9.17) is 0 Å². The molecule has 0 aliphatic rings. The average molecular weight is 341 g/mol. The lowest BCUT2D eigenvalue weighted by Gasteiger charge is -2.31. The fraction of sp³-hybridized carbons (Fsp3) is 0.647. The third-order valence-electron chi connectivity index (χ3n) is 4.16. The first-order valence-electron chi connectivity index (χ1n) is 7.61. The van der Waals surface area contributed by atoms with Crippen LogP contribution in [0.4, 0.5) is 0 Å². The van der Waals surface area contributed by atoms with Crippen LogP contribution in [0.2, 0.25) is 0 Å². The average Bonchev–Trinajstić information content (AvgIpc) is 2.42. The Morgan fingerprint density at radius 3 is 2.35 bits per heavy atom. The molecule has 0 bridgehead atoms. The van der Waals surface area contributed by atoms with Crippen molar-refractivity contribution in [1.29, 1.82) is 0 Å². The molecule has 0 saturated heterocycles. The quantitative estimate of drug-likeness (QED) is 0.762. The van der Waals surface area contributed by atoms with Gasteiger partial charge in [0.15, 0.2) is 0 Å². The Morgan fingerprint density at radius 2 is 1.85 bits per heavy atom. The van der Waals surface area contributed by atoms with Gasteiger partial charge in [0.2, 0.25) is 0 Å². The zero-order valence-electron chi connectivity index (χ0n) is 13.5. The maximum absolute atomic E-state index is 3.62. The largest absolute Gasteiger partial charge is 0.311 e. The molecule has 1 atom stereocenters. The van der Waals surface area contributed by atoms with E-state index in [1.54, 1.807) is 0 Å². The molecule has 0 radical (unpaired) electrons. The van der Waals surface area contributed by atoms with E-state index >= 15 is 0 Å². The Hall–Kier alpha value is -0.380. The highest BCUT2D eigenvalue weighted by Gasteiger charge is 2.19. The molecule has 0 saturated carbocycles. The number of hydrogen-bond acceptors (Lipinski definition) is 2. The lowest BCUT2D eigenvalue weighted by atomic mass is 9.93. The Kier molecular flexibility index (Phi) is 7.78. The minimum absolute atomic E-state index is 0.613. The van der Waals surface area contributed by atoms with Gasteiger partial charge >= 0.3 is 0 Å². The second-order valence-corrected chi connectivity index (χ2v) is 6.68. The highest BCUT2D eigenvalue weighted by molar-refractivity contribution is 9.10. The van der Waals surface area contributed by atoms with E-state index in [1.165, 1.54) is 28.4 Å². The maximum atomic E-state index is 3.62. The SMILES string of the molecule is CCC(CC)C(CNCc1ccc(Br)c(C)c1)N(C)C. The number of hydrogen-bond donors (Lipinski definition) is 1. The van der Waals surface area contributed by atoms with Crippen LogP contribution in [-0.4, -0.2) is 31.6 Å². The van der Waals surface area contributed by atoms with Crippen LogP contribution >= 0.6 is 15.9 Å². The van der Waals surface area contributed by atoms with Crippen LogP contribution in [-0.2, 0) is 6.54 Å². The number of rotatable bonds is 8. The standard InChI is InChI=1S/C17H29BrN2/c1-6-15(7-2)17(20(4)5)12-19-11-14-8-9-16(18)13(3)10-14/h8-10,15,17,19H,6-7,11-12H2,1-5H3. The van der Waals surface area contributed by atoms with Crippen molar-refractivity contribution in [3.05, 3.63) is 33.8 Å². The number of likely N-dealkylation sites (N-methyl/N-ethyl adjacent to an activating group) is 1. The predicted molar refractivity (Wildman–Crippen MR) is 92.1 cm³/mol. The van der Waals surface area contributed by atoms with Crippen molar-refractivity contribution in [2.24, 2.45) is 5.92 Å². The van der Waals surface area contributed by atoms with Gasteiger partial charge < -0.3 is 10.2 Å². The molecule has 1 N–H and O–H groups in total. The van der Waals surface area contributed by atoms with Gasteiger partial charge in [-0.3, -0.25) is 0 Å². The van der Waals surface area contributed by atoms with Crippen molar-refractivity contribution in [3.8, 4) is 0 Å². The molecule has 0 amide bonds. The van der Waals surface area contributed by atoms with Gasteiger partial charge in [0.25, 0.3) is 0 Å². The van der Waals surface area contributed by atoms with Crippen LogP contribution in [0.1, 0.15) is 37.8 Å². The lowest BCUT2D eigenvalue weighted by molar-refractivity contribution is 0.194. The van der Waals surface area contributed by atoms with Crippen molar-refractivity contribution in [3.63, 3.8) is 0 Å². The smallest absolute Gasteiger partial charge is 0.0242 e. The van der Waals surface area contributed by atoms with Crippen LogP contribution in [0.3, 0.4) is 0 Å². The van der Waals surface area contributed by atoms with Crippen molar-refractivity contribution in [2.75, 3.05) is 20.6 Å². The Bertz CT molecular complexity index is 400. The molecule has 0 aliphatic heterocycles. The highest BCUT2D eigenvalue weighted by atomic mass is 79.9. The normalized spacial score (nSPS) is 13.2. The number of nitrogens with zero attached hydrogens (tertiary/aromatic N) is 1.